The first-order valence-electron chi connectivity index (χ1n) is 5.59. The van der Waals surface area contributed by atoms with Crippen molar-refractivity contribution in [1.29, 1.82) is 0 Å². The second-order valence-corrected chi connectivity index (χ2v) is 7.38. The van der Waals surface area contributed by atoms with Gasteiger partial charge in [0.2, 0.25) is 0 Å². The van der Waals surface area contributed by atoms with Crippen LogP contribution in [0.15, 0.2) is 16.6 Å². The topological polar surface area (TPSA) is 68.1 Å². The molecule has 0 aromatic heterocycles. The van der Waals surface area contributed by atoms with Crippen molar-refractivity contribution in [2.75, 3.05) is 26.2 Å². The third-order valence-electron chi connectivity index (χ3n) is 2.68. The van der Waals surface area contributed by atoms with Gasteiger partial charge in [0, 0.05) is 14.5 Å². The Morgan fingerprint density at radius 3 is 2.26 bits per heavy atom. The molecule has 1 aromatic rings. The molecule has 0 amide bonds. The van der Waals surface area contributed by atoms with Crippen molar-refractivity contribution < 1.29 is 13.7 Å². The van der Waals surface area contributed by atoms with Gasteiger partial charge in [-0.3, -0.25) is 0 Å². The van der Waals surface area contributed by atoms with Crippen LogP contribution in [0.4, 0.5) is 5.69 Å². The average molecular weight is 389 g/mol. The maximum atomic E-state index is 12.2. The molecule has 0 saturated carbocycles. The molecule has 5 nitrogen and oxygen atoms in total. The fourth-order valence-electron chi connectivity index (χ4n) is 1.75. The average Bonchev–Trinajstić information content (AvgIpc) is 2.35. The molecule has 1 aliphatic heterocycles. The molecule has 0 aliphatic carbocycles. The van der Waals surface area contributed by atoms with E-state index in [2.05, 4.69) is 26.0 Å². The minimum absolute atomic E-state index is 0.0843. The lowest BCUT2D eigenvalue weighted by Crippen LogP contribution is -2.89. The van der Waals surface area contributed by atoms with Crippen LogP contribution in [0.1, 0.15) is 0 Å². The summed E-state index contributed by atoms with van der Waals surface area (Å²) in [5.41, 5.74) is 0.0843. The quantitative estimate of drug-likeness (QED) is 0.858. The predicted molar refractivity (Wildman–Crippen MR) is 79.3 cm³/mol. The lowest BCUT2D eigenvalue weighted by molar-refractivity contribution is -0.661. The van der Waals surface area contributed by atoms with E-state index in [-0.39, 0.29) is 15.7 Å². The van der Waals surface area contributed by atoms with E-state index in [9.17, 15) is 8.42 Å². The molecule has 0 radical (unpaired) electrons. The van der Waals surface area contributed by atoms with Crippen molar-refractivity contribution in [2.24, 2.45) is 0 Å². The molecule has 0 unspecified atom stereocenters. The number of rotatable bonds is 3. The zero-order chi connectivity index (χ0) is 14.0. The number of piperazine rings is 1. The van der Waals surface area contributed by atoms with E-state index in [0.29, 0.717) is 17.6 Å². The number of quaternary nitrogens is 1. The first-order chi connectivity index (χ1) is 8.90. The van der Waals surface area contributed by atoms with Gasteiger partial charge in [-0.05, 0) is 12.1 Å². The van der Waals surface area contributed by atoms with Gasteiger partial charge in [-0.25, -0.2) is 12.7 Å². The summed E-state index contributed by atoms with van der Waals surface area (Å²) in [5, 5.41) is 2.46. The molecule has 1 heterocycles. The second-order valence-electron chi connectivity index (χ2n) is 4.05. The summed E-state index contributed by atoms with van der Waals surface area (Å²) in [5.74, 6) is 0. The Kier molecular flexibility index (Phi) is 4.97. The highest BCUT2D eigenvalue weighted by atomic mass is 79.9. The van der Waals surface area contributed by atoms with Gasteiger partial charge >= 0.3 is 0 Å². The number of hydrogen-bond donors (Lipinski definition) is 1. The third-order valence-corrected chi connectivity index (χ3v) is 5.14. The summed E-state index contributed by atoms with van der Waals surface area (Å²) in [7, 11) is -3.74. The van der Waals surface area contributed by atoms with Crippen molar-refractivity contribution in [2.45, 2.75) is 0 Å². The summed E-state index contributed by atoms with van der Waals surface area (Å²) >= 11 is 15.2. The van der Waals surface area contributed by atoms with Gasteiger partial charge < -0.3 is 10.0 Å². The fourth-order valence-corrected chi connectivity index (χ4v) is 4.36. The number of halogens is 3. The Morgan fingerprint density at radius 1 is 1.21 bits per heavy atom. The monoisotopic (exact) mass is 387 g/mol. The molecule has 1 aromatic carbocycles. The molecule has 0 bridgehead atoms. The lowest BCUT2D eigenvalue weighted by atomic mass is 10.3. The second kappa shape index (κ2) is 6.15. The Hall–Kier alpha value is -0.0500. The standard InChI is InChI=1S/C10H11BrCl2N3O2S/c11-7-5-8(12)10(9(13)6-7)15-19(17,18)16-3-1-14-2-4-16/h5-6,14H,1-4H2/q-1/p+1. The fraction of sp³-hybridized carbons (Fsp3) is 0.400. The Balaban J connectivity index is 2.25. The third kappa shape index (κ3) is 3.74. The van der Waals surface area contributed by atoms with Gasteiger partial charge in [0.1, 0.15) is 0 Å². The predicted octanol–water partition coefficient (Wildman–Crippen LogP) is 1.88. The van der Waals surface area contributed by atoms with Crippen LogP contribution in [0.2, 0.25) is 10.0 Å². The SMILES string of the molecule is O=S(=O)([N-]c1c(Cl)cc(Br)cc1Cl)N1CC[NH2+]CC1. The normalized spacial score (nSPS) is 17.4. The maximum Gasteiger partial charge on any atom is 0.160 e. The van der Waals surface area contributed by atoms with Crippen LogP contribution in [0.3, 0.4) is 0 Å². The van der Waals surface area contributed by atoms with E-state index in [1.165, 1.54) is 4.31 Å². The molecule has 2 N–H and O–H groups in total. The van der Waals surface area contributed by atoms with Crippen LogP contribution >= 0.6 is 39.1 Å². The van der Waals surface area contributed by atoms with Gasteiger partial charge in [0.25, 0.3) is 0 Å². The highest BCUT2D eigenvalue weighted by Gasteiger charge is 2.20. The Bertz CT molecular complexity index is 553. The van der Waals surface area contributed by atoms with Crippen LogP contribution in [0.5, 0.6) is 0 Å². The van der Waals surface area contributed by atoms with E-state index >= 15 is 0 Å². The van der Waals surface area contributed by atoms with Crippen molar-refractivity contribution >= 4 is 55.0 Å². The summed E-state index contributed by atoms with van der Waals surface area (Å²) in [6.07, 6.45) is 0. The van der Waals surface area contributed by atoms with Crippen LogP contribution in [0, 0.1) is 0 Å². The van der Waals surface area contributed by atoms with Crippen LogP contribution in [-0.4, -0.2) is 38.9 Å². The highest BCUT2D eigenvalue weighted by Crippen LogP contribution is 2.41. The van der Waals surface area contributed by atoms with Crippen molar-refractivity contribution in [3.05, 3.63) is 31.4 Å². The lowest BCUT2D eigenvalue weighted by Gasteiger charge is -2.33. The van der Waals surface area contributed by atoms with E-state index in [0.717, 1.165) is 13.1 Å². The molecular weight excluding hydrogens is 377 g/mol. The van der Waals surface area contributed by atoms with Crippen LogP contribution in [0.25, 0.3) is 4.72 Å². The summed E-state index contributed by atoms with van der Waals surface area (Å²) in [6, 6.07) is 3.12. The number of nitrogens with two attached hydrogens (primary N) is 1. The molecule has 2 rings (SSSR count). The zero-order valence-corrected chi connectivity index (χ0v) is 13.7. The molecular formula is C10H12BrCl2N3O2S. The van der Waals surface area contributed by atoms with Gasteiger partial charge in [0.05, 0.1) is 26.2 Å². The van der Waals surface area contributed by atoms with Crippen LogP contribution in [-0.2, 0) is 10.2 Å². The van der Waals surface area contributed by atoms with Gasteiger partial charge in [0.15, 0.2) is 10.2 Å². The molecule has 0 spiro atoms. The number of hydrogen-bond acceptors (Lipinski definition) is 2. The summed E-state index contributed by atoms with van der Waals surface area (Å²) in [4.78, 5) is 0. The Morgan fingerprint density at radius 2 is 1.74 bits per heavy atom. The zero-order valence-electron chi connectivity index (χ0n) is 9.81. The van der Waals surface area contributed by atoms with Gasteiger partial charge in [-0.15, -0.1) is 0 Å². The van der Waals surface area contributed by atoms with Crippen LogP contribution < -0.4 is 5.32 Å². The minimum Gasteiger partial charge on any atom is -0.561 e. The van der Waals surface area contributed by atoms with Crippen molar-refractivity contribution in [3.63, 3.8) is 0 Å². The molecule has 19 heavy (non-hydrogen) atoms. The van der Waals surface area contributed by atoms with E-state index in [4.69, 9.17) is 23.2 Å². The van der Waals surface area contributed by atoms with E-state index in [1.807, 2.05) is 0 Å². The summed E-state index contributed by atoms with van der Waals surface area (Å²) < 4.78 is 30.1. The number of benzene rings is 1. The summed E-state index contributed by atoms with van der Waals surface area (Å²) in [6.45, 7) is 2.35. The molecule has 1 saturated heterocycles. The smallest absolute Gasteiger partial charge is 0.160 e. The molecule has 1 aliphatic rings. The molecule has 106 valence electrons. The Labute approximate surface area is 130 Å². The maximum absolute atomic E-state index is 12.2. The molecule has 9 heteroatoms. The first kappa shape index (κ1) is 15.3. The minimum atomic E-state index is -3.74. The number of nitrogens with zero attached hydrogens (tertiary/aromatic N) is 2. The van der Waals surface area contributed by atoms with Crippen molar-refractivity contribution in [3.8, 4) is 0 Å². The largest absolute Gasteiger partial charge is 0.561 e. The van der Waals surface area contributed by atoms with Gasteiger partial charge in [-0.1, -0.05) is 44.8 Å². The molecule has 0 atom stereocenters. The first-order valence-corrected chi connectivity index (χ1v) is 8.54. The molecule has 1 fully saturated rings. The van der Waals surface area contributed by atoms with Gasteiger partial charge in [-0.2, -0.15) is 0 Å². The van der Waals surface area contributed by atoms with E-state index < -0.39 is 10.2 Å². The highest BCUT2D eigenvalue weighted by molar-refractivity contribution is 9.10. The van der Waals surface area contributed by atoms with Crippen molar-refractivity contribution in [1.82, 2.24) is 4.31 Å². The van der Waals surface area contributed by atoms with E-state index in [1.54, 1.807) is 12.1 Å².